The highest BCUT2D eigenvalue weighted by Crippen LogP contribution is 2.18. The Labute approximate surface area is 99.9 Å². The van der Waals surface area contributed by atoms with E-state index in [1.807, 2.05) is 0 Å². The van der Waals surface area contributed by atoms with Crippen molar-refractivity contribution in [3.05, 3.63) is 29.8 Å². The van der Waals surface area contributed by atoms with Crippen LogP contribution in [0.4, 0.5) is 0 Å². The molecule has 2 rings (SSSR count). The first-order chi connectivity index (χ1) is 7.88. The lowest BCUT2D eigenvalue weighted by molar-refractivity contribution is 0.0950. The van der Waals surface area contributed by atoms with Gasteiger partial charge in [-0.05, 0) is 30.7 Å². The molecule has 0 aliphatic heterocycles. The second kappa shape index (κ2) is 4.12. The zero-order valence-corrected chi connectivity index (χ0v) is 10.2. The van der Waals surface area contributed by atoms with E-state index in [0.717, 1.165) is 12.7 Å². The van der Waals surface area contributed by atoms with Gasteiger partial charge in [0.05, 0.1) is 4.90 Å². The van der Waals surface area contributed by atoms with Gasteiger partial charge in [-0.15, -0.1) is 0 Å². The number of rotatable bonds is 3. The van der Waals surface area contributed by atoms with Gasteiger partial charge in [0, 0.05) is 23.9 Å². The van der Waals surface area contributed by atoms with Crippen LogP contribution in [0, 0.1) is 0 Å². The highest BCUT2D eigenvalue weighted by molar-refractivity contribution is 7.90. The lowest BCUT2D eigenvalue weighted by Crippen LogP contribution is -2.29. The van der Waals surface area contributed by atoms with Gasteiger partial charge in [-0.1, -0.05) is 0 Å². The Bertz CT molecular complexity index is 536. The molecule has 0 spiro atoms. The third-order valence-corrected chi connectivity index (χ3v) is 3.83. The molecular formula is C11H14N2O3S. The monoisotopic (exact) mass is 254 g/mol. The van der Waals surface area contributed by atoms with Crippen molar-refractivity contribution in [2.75, 3.05) is 6.26 Å². The topological polar surface area (TPSA) is 89.3 Å². The van der Waals surface area contributed by atoms with Crippen molar-refractivity contribution in [3.63, 3.8) is 0 Å². The number of sulfone groups is 1. The molecule has 0 aromatic heterocycles. The van der Waals surface area contributed by atoms with Gasteiger partial charge >= 0.3 is 0 Å². The highest BCUT2D eigenvalue weighted by atomic mass is 32.2. The van der Waals surface area contributed by atoms with Crippen LogP contribution in [-0.2, 0) is 9.84 Å². The molecule has 17 heavy (non-hydrogen) atoms. The summed E-state index contributed by atoms with van der Waals surface area (Å²) in [6.45, 7) is 0. The first-order valence-corrected chi connectivity index (χ1v) is 7.13. The quantitative estimate of drug-likeness (QED) is 0.789. The van der Waals surface area contributed by atoms with Crippen molar-refractivity contribution >= 4 is 15.7 Å². The molecule has 3 N–H and O–H groups in total. The fourth-order valence-corrected chi connectivity index (χ4v) is 2.12. The van der Waals surface area contributed by atoms with Gasteiger partial charge in [-0.3, -0.25) is 4.79 Å². The third kappa shape index (κ3) is 2.83. The summed E-state index contributed by atoms with van der Waals surface area (Å²) in [6.07, 6.45) is 1.93. The number of benzene rings is 1. The molecule has 1 saturated carbocycles. The van der Waals surface area contributed by atoms with Crippen LogP contribution < -0.4 is 11.1 Å². The maximum absolute atomic E-state index is 11.7. The predicted octanol–water partition coefficient (Wildman–Crippen LogP) is -0.0805. The summed E-state index contributed by atoms with van der Waals surface area (Å²) in [5.74, 6) is -0.219. The van der Waals surface area contributed by atoms with Gasteiger partial charge in [0.15, 0.2) is 9.84 Å². The molecule has 1 amide bonds. The molecule has 1 fully saturated rings. The Balaban J connectivity index is 2.10. The molecule has 5 nitrogen and oxygen atoms in total. The van der Waals surface area contributed by atoms with Gasteiger partial charge in [0.1, 0.15) is 0 Å². The molecule has 1 aromatic carbocycles. The summed E-state index contributed by atoms with van der Waals surface area (Å²) in [5, 5.41) is 2.76. The van der Waals surface area contributed by atoms with Gasteiger partial charge in [0.2, 0.25) is 0 Å². The number of hydrogen-bond acceptors (Lipinski definition) is 4. The van der Waals surface area contributed by atoms with Crippen LogP contribution in [0.2, 0.25) is 0 Å². The Morgan fingerprint density at radius 2 is 1.88 bits per heavy atom. The van der Waals surface area contributed by atoms with Crippen LogP contribution in [0.1, 0.15) is 16.8 Å². The molecular weight excluding hydrogens is 240 g/mol. The van der Waals surface area contributed by atoms with E-state index in [-0.39, 0.29) is 22.9 Å². The molecule has 2 atom stereocenters. The fourth-order valence-electron chi connectivity index (χ4n) is 1.49. The average molecular weight is 254 g/mol. The van der Waals surface area contributed by atoms with Crippen molar-refractivity contribution in [1.29, 1.82) is 0 Å². The number of hydrogen-bond donors (Lipinski definition) is 2. The standard InChI is InChI=1S/C11H14N2O3S/c1-17(15,16)8-4-2-7(3-5-8)11(14)13-10-6-9(10)12/h2-5,9-10H,6,12H2,1H3,(H,13,14). The second-order valence-corrected chi connectivity index (χ2v) is 6.29. The number of nitrogens with one attached hydrogen (secondary N) is 1. The molecule has 1 aliphatic rings. The number of carbonyl (C=O) groups excluding carboxylic acids is 1. The normalized spacial score (nSPS) is 23.2. The molecule has 1 aliphatic carbocycles. The SMILES string of the molecule is CS(=O)(=O)c1ccc(C(=O)NC2CC2N)cc1. The summed E-state index contributed by atoms with van der Waals surface area (Å²) in [7, 11) is -3.22. The van der Waals surface area contributed by atoms with Gasteiger partial charge < -0.3 is 11.1 Å². The molecule has 0 heterocycles. The smallest absolute Gasteiger partial charge is 0.251 e. The first kappa shape index (κ1) is 12.1. The first-order valence-electron chi connectivity index (χ1n) is 5.24. The van der Waals surface area contributed by atoms with Crippen LogP contribution in [0.5, 0.6) is 0 Å². The van der Waals surface area contributed by atoms with E-state index >= 15 is 0 Å². The minimum absolute atomic E-state index is 0.0502. The second-order valence-electron chi connectivity index (χ2n) is 4.28. The predicted molar refractivity (Wildman–Crippen MR) is 63.4 cm³/mol. The summed E-state index contributed by atoms with van der Waals surface area (Å²) in [4.78, 5) is 11.9. The van der Waals surface area contributed by atoms with Gasteiger partial charge in [-0.2, -0.15) is 0 Å². The Hall–Kier alpha value is -1.40. The van der Waals surface area contributed by atoms with Crippen molar-refractivity contribution < 1.29 is 13.2 Å². The van der Waals surface area contributed by atoms with Crippen LogP contribution in [0.3, 0.4) is 0 Å². The summed E-state index contributed by atoms with van der Waals surface area (Å²) in [6, 6.07) is 5.96. The molecule has 1 aromatic rings. The maximum atomic E-state index is 11.7. The van der Waals surface area contributed by atoms with Gasteiger partial charge in [-0.25, -0.2) is 8.42 Å². The minimum Gasteiger partial charge on any atom is -0.348 e. The Kier molecular flexibility index (Phi) is 2.92. The zero-order valence-electron chi connectivity index (χ0n) is 9.38. The van der Waals surface area contributed by atoms with Crippen LogP contribution >= 0.6 is 0 Å². The van der Waals surface area contributed by atoms with E-state index in [0.29, 0.717) is 5.56 Å². The average Bonchev–Trinajstić information content (AvgIpc) is 2.93. The molecule has 6 heteroatoms. The largest absolute Gasteiger partial charge is 0.348 e. The number of carbonyl (C=O) groups is 1. The lowest BCUT2D eigenvalue weighted by atomic mass is 10.2. The highest BCUT2D eigenvalue weighted by Gasteiger charge is 2.34. The molecule has 0 radical (unpaired) electrons. The van der Waals surface area contributed by atoms with E-state index in [4.69, 9.17) is 5.73 Å². The zero-order chi connectivity index (χ0) is 12.6. The Morgan fingerprint density at radius 1 is 1.35 bits per heavy atom. The summed E-state index contributed by atoms with van der Waals surface area (Å²) in [5.41, 5.74) is 6.02. The van der Waals surface area contributed by atoms with E-state index in [1.165, 1.54) is 24.3 Å². The van der Waals surface area contributed by atoms with Gasteiger partial charge in [0.25, 0.3) is 5.91 Å². The number of amides is 1. The summed E-state index contributed by atoms with van der Waals surface area (Å²) < 4.78 is 22.5. The van der Waals surface area contributed by atoms with Crippen molar-refractivity contribution in [2.45, 2.75) is 23.4 Å². The lowest BCUT2D eigenvalue weighted by Gasteiger charge is -2.04. The molecule has 92 valence electrons. The number of nitrogens with two attached hydrogens (primary N) is 1. The van der Waals surface area contributed by atoms with Crippen LogP contribution in [0.15, 0.2) is 29.2 Å². The minimum atomic E-state index is -3.22. The fraction of sp³-hybridized carbons (Fsp3) is 0.364. The molecule has 0 bridgehead atoms. The van der Waals surface area contributed by atoms with E-state index in [9.17, 15) is 13.2 Å². The van der Waals surface area contributed by atoms with Crippen molar-refractivity contribution in [1.82, 2.24) is 5.32 Å². The van der Waals surface area contributed by atoms with Crippen molar-refractivity contribution in [2.24, 2.45) is 5.73 Å². The van der Waals surface area contributed by atoms with Crippen LogP contribution in [-0.4, -0.2) is 32.7 Å². The van der Waals surface area contributed by atoms with Crippen LogP contribution in [0.25, 0.3) is 0 Å². The third-order valence-electron chi connectivity index (χ3n) is 2.70. The van der Waals surface area contributed by atoms with E-state index < -0.39 is 9.84 Å². The van der Waals surface area contributed by atoms with E-state index in [2.05, 4.69) is 5.32 Å². The van der Waals surface area contributed by atoms with Crippen molar-refractivity contribution in [3.8, 4) is 0 Å². The molecule has 0 saturated heterocycles. The Morgan fingerprint density at radius 3 is 2.29 bits per heavy atom. The summed E-state index contributed by atoms with van der Waals surface area (Å²) >= 11 is 0. The molecule has 2 unspecified atom stereocenters. The maximum Gasteiger partial charge on any atom is 0.251 e. The van der Waals surface area contributed by atoms with E-state index in [1.54, 1.807) is 0 Å².